The normalized spacial score (nSPS) is 24.0. The van der Waals surface area contributed by atoms with E-state index in [4.69, 9.17) is 24.1 Å². The van der Waals surface area contributed by atoms with E-state index < -0.39 is 110 Å². The number of hydrogen-bond donors (Lipinski definition) is 6. The van der Waals surface area contributed by atoms with Crippen molar-refractivity contribution in [3.63, 3.8) is 0 Å². The molecule has 6 N–H and O–H groups in total. The first-order chi connectivity index (χ1) is 41.7. The molecular formula is C65H95ClN8O19. The molecule has 6 aliphatic rings. The summed E-state index contributed by atoms with van der Waals surface area (Å²) in [7, 11) is 0. The van der Waals surface area contributed by atoms with E-state index in [1.54, 1.807) is 53.7 Å². The molecule has 93 heavy (non-hydrogen) atoms. The minimum absolute atomic E-state index is 0. The Morgan fingerprint density at radius 1 is 0.613 bits per heavy atom. The van der Waals surface area contributed by atoms with E-state index in [1.807, 2.05) is 0 Å². The van der Waals surface area contributed by atoms with Gasteiger partial charge in [-0.15, -0.1) is 25.6 Å². The van der Waals surface area contributed by atoms with Gasteiger partial charge in [0.25, 0.3) is 11.4 Å². The second-order valence-electron chi connectivity index (χ2n) is 25.6. The van der Waals surface area contributed by atoms with Gasteiger partial charge >= 0.3 is 30.1 Å². The standard InChI is InChI=1S/C31H40N4O9.C19H21N3O6.C12H21NO4.3CH4.ClH/c1-6-20-16-31(20,18(2)36)33-26(37)24-15-23(43-28(39)19-11-13-21(14-12-19)35(41)42)17-34(24)27(38)25(30(3,4)5)32-29(40)44-22-9-7-8-10-22;1-3-13-9-19(13,11(2)23)21-17(24)16-8-15(10-20-16)28-18(25)12-4-6-14(7-5-12)22(26)27;1-12(2,3)9(10(14)15)13-11(16)17-8-6-4-5-7-8;;;;/h6,11-14,20,22-25H,1,7-10,15-17H2,2-5H3,(H,32,40)(H,33,37);3-7,13,15-16,20H,1,8-10H2,2H3,(H,21,24);8-9H,4-7H2,1-3H3,(H,13,16)(H,14,15);3*1H4;1H/t20-,23+,24+,25-,31+;13-,15+,16+,19+;9-;;;;/m111..../s1. The first-order valence-electron chi connectivity index (χ1n) is 29.8. The molecule has 2 aromatic rings. The second kappa shape index (κ2) is 34.0. The van der Waals surface area contributed by atoms with Crippen molar-refractivity contribution in [2.24, 2.45) is 22.7 Å². The van der Waals surface area contributed by atoms with Crippen LogP contribution in [0, 0.1) is 42.9 Å². The fourth-order valence-electron chi connectivity index (χ4n) is 11.4. The minimum Gasteiger partial charge on any atom is -0.480 e. The first kappa shape index (κ1) is 80.8. The number of nitro groups is 2. The van der Waals surface area contributed by atoms with Crippen molar-refractivity contribution in [3.05, 3.63) is 105 Å². The molecule has 2 heterocycles. The van der Waals surface area contributed by atoms with Crippen LogP contribution in [0.1, 0.15) is 175 Å². The van der Waals surface area contributed by atoms with Gasteiger partial charge in [-0.1, -0.05) is 76.0 Å². The summed E-state index contributed by atoms with van der Waals surface area (Å²) in [6.45, 7) is 21.0. The summed E-state index contributed by atoms with van der Waals surface area (Å²) < 4.78 is 21.7. The summed E-state index contributed by atoms with van der Waals surface area (Å²) in [5.74, 6) is -4.56. The van der Waals surface area contributed by atoms with Crippen molar-refractivity contribution < 1.29 is 81.8 Å². The van der Waals surface area contributed by atoms with E-state index in [2.05, 4.69) is 39.7 Å². The summed E-state index contributed by atoms with van der Waals surface area (Å²) >= 11 is 0. The van der Waals surface area contributed by atoms with E-state index in [1.165, 1.54) is 67.3 Å². The Labute approximate surface area is 549 Å². The number of Topliss-reactive ketones (excluding diaryl/α,β-unsaturated/α-hetero) is 2. The maximum atomic E-state index is 14.1. The van der Waals surface area contributed by atoms with Crippen molar-refractivity contribution in [1.29, 1.82) is 0 Å². The Balaban J connectivity index is 0.000000515. The Hall–Kier alpha value is -8.33. The van der Waals surface area contributed by atoms with E-state index in [0.29, 0.717) is 19.4 Å². The molecule has 0 bridgehead atoms. The topological polar surface area (TPSA) is 378 Å². The van der Waals surface area contributed by atoms with Gasteiger partial charge in [0.15, 0.2) is 11.6 Å². The molecule has 0 radical (unpaired) electrons. The maximum absolute atomic E-state index is 14.1. The molecule has 6 fully saturated rings. The largest absolute Gasteiger partial charge is 0.480 e. The maximum Gasteiger partial charge on any atom is 0.408 e. The number of non-ortho nitro benzene ring substituents is 2. The molecule has 10 atom stereocenters. The molecule has 0 spiro atoms. The van der Waals surface area contributed by atoms with Crippen molar-refractivity contribution >= 4 is 83.2 Å². The van der Waals surface area contributed by atoms with Gasteiger partial charge in [-0.3, -0.25) is 44.2 Å². The molecule has 4 aliphatic carbocycles. The Kier molecular flexibility index (Phi) is 29.5. The van der Waals surface area contributed by atoms with Crippen LogP contribution < -0.4 is 26.6 Å². The van der Waals surface area contributed by atoms with Crippen LogP contribution in [0.3, 0.4) is 0 Å². The first-order valence-corrected chi connectivity index (χ1v) is 29.8. The highest BCUT2D eigenvalue weighted by Gasteiger charge is 2.60. The number of nitrogens with zero attached hydrogens (tertiary/aromatic N) is 3. The molecule has 2 aromatic carbocycles. The summed E-state index contributed by atoms with van der Waals surface area (Å²) in [6.07, 6.45) is 8.66. The average molecular weight is 1330 g/mol. The predicted octanol–water partition coefficient (Wildman–Crippen LogP) is 9.07. The van der Waals surface area contributed by atoms with Crippen LogP contribution in [0.2, 0.25) is 0 Å². The van der Waals surface area contributed by atoms with Crippen molar-refractivity contribution in [1.82, 2.24) is 31.5 Å². The molecule has 4 saturated carbocycles. The molecule has 8 rings (SSSR count). The number of nitro benzene ring substituents is 2. The number of benzene rings is 2. The van der Waals surface area contributed by atoms with Gasteiger partial charge in [0.2, 0.25) is 17.7 Å². The third kappa shape index (κ3) is 21.1. The molecule has 27 nitrogen and oxygen atoms in total. The number of carbonyl (C=O) groups excluding carboxylic acids is 9. The number of carbonyl (C=O) groups is 10. The van der Waals surface area contributed by atoms with Gasteiger partial charge in [-0.2, -0.15) is 0 Å². The number of ether oxygens (including phenoxy) is 4. The molecule has 2 aliphatic heterocycles. The number of halogens is 1. The highest BCUT2D eigenvalue weighted by atomic mass is 35.5. The van der Waals surface area contributed by atoms with Crippen LogP contribution in [0.25, 0.3) is 0 Å². The van der Waals surface area contributed by atoms with Gasteiger partial charge in [-0.25, -0.2) is 24.0 Å². The lowest BCUT2D eigenvalue weighted by molar-refractivity contribution is -0.385. The number of nitrogens with one attached hydrogen (secondary N) is 5. The van der Waals surface area contributed by atoms with Crippen molar-refractivity contribution in [3.8, 4) is 0 Å². The smallest absolute Gasteiger partial charge is 0.408 e. The number of hydrogen-bond acceptors (Lipinski definition) is 19. The lowest BCUT2D eigenvalue weighted by Gasteiger charge is -2.35. The number of ketones is 2. The van der Waals surface area contributed by atoms with E-state index >= 15 is 0 Å². The lowest BCUT2D eigenvalue weighted by Crippen LogP contribution is -2.59. The van der Waals surface area contributed by atoms with Crippen LogP contribution in [0.15, 0.2) is 73.8 Å². The molecular weight excluding hydrogens is 1230 g/mol. The van der Waals surface area contributed by atoms with E-state index in [0.717, 1.165) is 51.4 Å². The zero-order valence-corrected chi connectivity index (χ0v) is 52.7. The Bertz CT molecular complexity index is 3050. The highest BCUT2D eigenvalue weighted by molar-refractivity contribution is 5.99. The average Bonchev–Trinajstić information content (AvgIpc) is 1.60. The van der Waals surface area contributed by atoms with Crippen molar-refractivity contribution in [2.75, 3.05) is 13.1 Å². The number of rotatable bonds is 20. The van der Waals surface area contributed by atoms with Crippen molar-refractivity contribution in [2.45, 2.75) is 214 Å². The van der Waals surface area contributed by atoms with Crippen LogP contribution in [0.4, 0.5) is 21.0 Å². The third-order valence-electron chi connectivity index (χ3n) is 16.9. The number of aliphatic carboxylic acids is 1. The quantitative estimate of drug-likeness (QED) is 0.0236. The molecule has 2 saturated heterocycles. The van der Waals surface area contributed by atoms with Gasteiger partial charge in [0.05, 0.1) is 33.6 Å². The Morgan fingerprint density at radius 2 is 1.00 bits per heavy atom. The van der Waals surface area contributed by atoms with E-state index in [9.17, 15) is 68.2 Å². The predicted molar refractivity (Wildman–Crippen MR) is 346 cm³/mol. The number of carboxylic acid groups (broad SMARTS) is 1. The number of amides is 5. The Morgan fingerprint density at radius 3 is 1.35 bits per heavy atom. The van der Waals surface area contributed by atoms with Crippen LogP contribution in [-0.2, 0) is 47.7 Å². The summed E-state index contributed by atoms with van der Waals surface area (Å²) in [6, 6.07) is 6.28. The number of carboxylic acids is 1. The zero-order chi connectivity index (χ0) is 65.9. The number of likely N-dealkylation sites (tertiary alicyclic amines) is 1. The monoisotopic (exact) mass is 1330 g/mol. The van der Waals surface area contributed by atoms with Gasteiger partial charge in [0, 0.05) is 55.5 Å². The second-order valence-corrected chi connectivity index (χ2v) is 25.6. The molecule has 516 valence electrons. The summed E-state index contributed by atoms with van der Waals surface area (Å²) in [4.78, 5) is 147. The van der Waals surface area contributed by atoms with Crippen LogP contribution >= 0.6 is 12.4 Å². The van der Waals surface area contributed by atoms with Gasteiger partial charge in [0.1, 0.15) is 53.6 Å². The van der Waals surface area contributed by atoms with Gasteiger partial charge in [-0.05, 0) is 113 Å². The van der Waals surface area contributed by atoms with Crippen LogP contribution in [-0.4, -0.2) is 152 Å². The fourth-order valence-corrected chi connectivity index (χ4v) is 11.4. The van der Waals surface area contributed by atoms with Gasteiger partial charge < -0.3 is 55.5 Å². The highest BCUT2D eigenvalue weighted by Crippen LogP contribution is 2.46. The minimum atomic E-state index is -1.12. The number of esters is 2. The van der Waals surface area contributed by atoms with Crippen LogP contribution in [0.5, 0.6) is 0 Å². The molecule has 28 heteroatoms. The third-order valence-corrected chi connectivity index (χ3v) is 16.9. The fraction of sp³-hybridized carbons (Fsp3) is 0.600. The zero-order valence-electron chi connectivity index (χ0n) is 51.9. The summed E-state index contributed by atoms with van der Waals surface area (Å²) in [5.41, 5.74) is -3.37. The lowest BCUT2D eigenvalue weighted by atomic mass is 9.85. The van der Waals surface area contributed by atoms with E-state index in [-0.39, 0.29) is 118 Å². The number of alkyl carbamates (subject to hydrolysis) is 2. The molecule has 0 unspecified atom stereocenters. The summed E-state index contributed by atoms with van der Waals surface area (Å²) in [5, 5.41) is 44.4. The SMILES string of the molecule is C.C.C.C=C[C@@H]1C[C@]1(NC(=O)[C@@H]1C[C@H](OC(=O)c2ccc([N+](=O)[O-])cc2)CN1)C(C)=O.C=C[C@@H]1C[C@]1(NC(=O)[C@@H]1C[C@H](OC(=O)c2ccc([N+](=O)[O-])cc2)CN1C(=O)[C@@H](NC(=O)OC1CCCC1)C(C)(C)C)C(C)=O.CC(C)(C)[C@H](NC(=O)OC1CCCC1)C(=O)O.Cl. The molecule has 5 amide bonds. The molecule has 0 aromatic heterocycles.